The Labute approximate surface area is 339 Å². The van der Waals surface area contributed by atoms with Crippen LogP contribution in [0.5, 0.6) is 0 Å². The Bertz CT molecular complexity index is 3310. The Morgan fingerprint density at radius 3 is 1.27 bits per heavy atom. The zero-order valence-corrected chi connectivity index (χ0v) is 31.8. The van der Waals surface area contributed by atoms with Crippen molar-refractivity contribution in [3.63, 3.8) is 0 Å². The third-order valence-electron chi connectivity index (χ3n) is 11.7. The summed E-state index contributed by atoms with van der Waals surface area (Å²) >= 11 is 0. The number of nitrogens with zero attached hydrogens (tertiary/aromatic N) is 5. The minimum atomic E-state index is 0.669. The first kappa shape index (κ1) is 33.2. The van der Waals surface area contributed by atoms with Crippen molar-refractivity contribution in [1.82, 2.24) is 24.5 Å². The minimum absolute atomic E-state index is 0.669. The topological polar surface area (TPSA) is 56.5 Å². The van der Waals surface area contributed by atoms with E-state index in [0.717, 1.165) is 77.8 Å². The standard InChI is InChI=1S/C54H33N5/c1-9-40-11-5-31-55-52(40)44(13-1)34-17-21-36(22-18-34)46-33-47(37-23-19-35(20-24-37)45-14-2-10-41-12-6-32-56-53(41)45)58-54(57-46)42-27-29-43(30-28-42)59-48-15-3-7-38-25-26-39-8-4-16-49(59)51(39)50(38)48/h1-33H. The molecule has 0 aliphatic rings. The van der Waals surface area contributed by atoms with Crippen LogP contribution in [0.2, 0.25) is 0 Å². The fourth-order valence-corrected chi connectivity index (χ4v) is 8.84. The molecule has 274 valence electrons. The molecular formula is C54H33N5. The van der Waals surface area contributed by atoms with Gasteiger partial charge in [-0.05, 0) is 76.5 Å². The number of aromatic nitrogens is 5. The Balaban J connectivity index is 0.966. The SMILES string of the molecule is c1cnc2c(-c3ccc(-c4cc(-c5ccc(-c6cccc7cccnc67)cc5)nc(-c5ccc(-n6c7cccc8ccc9cccc6c9c87)cc5)n4)cc3)cccc2c1. The van der Waals surface area contributed by atoms with Crippen LogP contribution in [0.25, 0.3) is 116 Å². The maximum Gasteiger partial charge on any atom is 0.160 e. The summed E-state index contributed by atoms with van der Waals surface area (Å²) in [5.41, 5.74) is 14.6. The molecule has 0 radical (unpaired) electrons. The molecule has 12 rings (SSSR count). The maximum atomic E-state index is 5.23. The van der Waals surface area contributed by atoms with Gasteiger partial charge < -0.3 is 4.57 Å². The molecule has 4 heterocycles. The predicted octanol–water partition coefficient (Wildman–Crippen LogP) is 13.6. The van der Waals surface area contributed by atoms with E-state index in [0.29, 0.717) is 5.82 Å². The lowest BCUT2D eigenvalue weighted by Gasteiger charge is -2.12. The number of hydrogen-bond acceptors (Lipinski definition) is 4. The second kappa shape index (κ2) is 13.3. The zero-order valence-electron chi connectivity index (χ0n) is 31.8. The van der Waals surface area contributed by atoms with Crippen molar-refractivity contribution in [1.29, 1.82) is 0 Å². The molecule has 0 atom stereocenters. The van der Waals surface area contributed by atoms with Crippen molar-refractivity contribution in [2.24, 2.45) is 0 Å². The van der Waals surface area contributed by atoms with Crippen molar-refractivity contribution in [2.75, 3.05) is 0 Å². The number of benzene rings is 8. The smallest absolute Gasteiger partial charge is 0.160 e. The Morgan fingerprint density at radius 1 is 0.339 bits per heavy atom. The largest absolute Gasteiger partial charge is 0.309 e. The molecule has 8 aromatic carbocycles. The lowest BCUT2D eigenvalue weighted by atomic mass is 9.98. The fourth-order valence-electron chi connectivity index (χ4n) is 8.84. The normalized spacial score (nSPS) is 11.7. The molecule has 0 unspecified atom stereocenters. The van der Waals surface area contributed by atoms with E-state index in [1.54, 1.807) is 0 Å². The van der Waals surface area contributed by atoms with Crippen LogP contribution in [-0.2, 0) is 0 Å². The summed E-state index contributed by atoms with van der Waals surface area (Å²) in [4.78, 5) is 19.9. The summed E-state index contributed by atoms with van der Waals surface area (Å²) < 4.78 is 2.37. The van der Waals surface area contributed by atoms with Gasteiger partial charge in [-0.3, -0.25) is 9.97 Å². The fraction of sp³-hybridized carbons (Fsp3) is 0. The quantitative estimate of drug-likeness (QED) is 0.159. The van der Waals surface area contributed by atoms with Gasteiger partial charge in [0, 0.05) is 67.4 Å². The lowest BCUT2D eigenvalue weighted by Crippen LogP contribution is -1.97. The molecule has 0 aliphatic heterocycles. The van der Waals surface area contributed by atoms with Gasteiger partial charge in [0.1, 0.15) is 0 Å². The second-order valence-electron chi connectivity index (χ2n) is 15.1. The average molecular weight is 752 g/mol. The molecule has 0 saturated heterocycles. The number of rotatable bonds is 6. The van der Waals surface area contributed by atoms with Crippen molar-refractivity contribution < 1.29 is 0 Å². The van der Waals surface area contributed by atoms with Crippen LogP contribution in [0.15, 0.2) is 200 Å². The molecule has 0 aliphatic carbocycles. The Hall–Kier alpha value is -8.02. The monoisotopic (exact) mass is 751 g/mol. The minimum Gasteiger partial charge on any atom is -0.309 e. The summed E-state index contributed by atoms with van der Waals surface area (Å²) in [6.07, 6.45) is 3.71. The molecule has 0 saturated carbocycles. The van der Waals surface area contributed by atoms with Crippen LogP contribution in [0.1, 0.15) is 0 Å². The highest BCUT2D eigenvalue weighted by molar-refractivity contribution is 6.24. The first-order chi connectivity index (χ1) is 29.2. The molecule has 5 nitrogen and oxygen atoms in total. The molecule has 59 heavy (non-hydrogen) atoms. The summed E-state index contributed by atoms with van der Waals surface area (Å²) in [6.45, 7) is 0. The molecule has 0 spiro atoms. The summed E-state index contributed by atoms with van der Waals surface area (Å²) in [7, 11) is 0. The van der Waals surface area contributed by atoms with Gasteiger partial charge in [0.15, 0.2) is 5.82 Å². The van der Waals surface area contributed by atoms with Gasteiger partial charge in [-0.1, -0.05) is 133 Å². The van der Waals surface area contributed by atoms with Gasteiger partial charge in [0.05, 0.1) is 33.5 Å². The van der Waals surface area contributed by atoms with Crippen molar-refractivity contribution in [2.45, 2.75) is 0 Å². The molecule has 4 aromatic heterocycles. The van der Waals surface area contributed by atoms with E-state index in [1.807, 2.05) is 24.5 Å². The van der Waals surface area contributed by atoms with Crippen molar-refractivity contribution in [3.8, 4) is 61.8 Å². The lowest BCUT2D eigenvalue weighted by molar-refractivity contribution is 1.16. The van der Waals surface area contributed by atoms with Crippen LogP contribution in [-0.4, -0.2) is 24.5 Å². The summed E-state index contributed by atoms with van der Waals surface area (Å²) in [5.74, 6) is 0.669. The average Bonchev–Trinajstić information content (AvgIpc) is 3.66. The van der Waals surface area contributed by atoms with Gasteiger partial charge in [-0.15, -0.1) is 0 Å². The van der Waals surface area contributed by atoms with Gasteiger partial charge in [0.25, 0.3) is 0 Å². The molecule has 12 aromatic rings. The Kier molecular flexibility index (Phi) is 7.47. The van der Waals surface area contributed by atoms with E-state index in [2.05, 4.69) is 180 Å². The van der Waals surface area contributed by atoms with E-state index in [-0.39, 0.29) is 0 Å². The molecule has 0 bridgehead atoms. The molecule has 0 N–H and O–H groups in total. The van der Waals surface area contributed by atoms with E-state index in [4.69, 9.17) is 19.9 Å². The second-order valence-corrected chi connectivity index (χ2v) is 15.1. The summed E-state index contributed by atoms with van der Waals surface area (Å²) in [6, 6.07) is 66.4. The molecule has 0 amide bonds. The van der Waals surface area contributed by atoms with Crippen LogP contribution < -0.4 is 0 Å². The van der Waals surface area contributed by atoms with E-state index in [9.17, 15) is 0 Å². The van der Waals surface area contributed by atoms with E-state index >= 15 is 0 Å². The number of pyridine rings is 2. The van der Waals surface area contributed by atoms with Gasteiger partial charge >= 0.3 is 0 Å². The molecule has 5 heteroatoms. The highest BCUT2D eigenvalue weighted by Crippen LogP contribution is 2.39. The van der Waals surface area contributed by atoms with Crippen LogP contribution in [0, 0.1) is 0 Å². The zero-order chi connectivity index (χ0) is 38.9. The van der Waals surface area contributed by atoms with Crippen LogP contribution in [0.3, 0.4) is 0 Å². The number of fused-ring (bicyclic) bond motifs is 2. The summed E-state index contributed by atoms with van der Waals surface area (Å²) in [5, 5.41) is 7.35. The predicted molar refractivity (Wildman–Crippen MR) is 243 cm³/mol. The first-order valence-electron chi connectivity index (χ1n) is 19.9. The first-order valence-corrected chi connectivity index (χ1v) is 19.9. The van der Waals surface area contributed by atoms with E-state index < -0.39 is 0 Å². The molecular weight excluding hydrogens is 719 g/mol. The maximum absolute atomic E-state index is 5.23. The van der Waals surface area contributed by atoms with E-state index in [1.165, 1.54) is 32.6 Å². The van der Waals surface area contributed by atoms with Gasteiger partial charge in [-0.2, -0.15) is 0 Å². The van der Waals surface area contributed by atoms with Gasteiger partial charge in [-0.25, -0.2) is 9.97 Å². The third-order valence-corrected chi connectivity index (χ3v) is 11.7. The molecule has 0 fully saturated rings. The number of hydrogen-bond donors (Lipinski definition) is 0. The van der Waals surface area contributed by atoms with Crippen molar-refractivity contribution in [3.05, 3.63) is 200 Å². The highest BCUT2D eigenvalue weighted by Gasteiger charge is 2.17. The van der Waals surface area contributed by atoms with Gasteiger partial charge in [0.2, 0.25) is 0 Å². The highest BCUT2D eigenvalue weighted by atomic mass is 15.0. The number of para-hydroxylation sites is 2. The van der Waals surface area contributed by atoms with Crippen molar-refractivity contribution >= 4 is 54.4 Å². The third kappa shape index (κ3) is 5.47. The van der Waals surface area contributed by atoms with Crippen LogP contribution >= 0.6 is 0 Å². The Morgan fingerprint density at radius 2 is 0.763 bits per heavy atom. The van der Waals surface area contributed by atoms with Crippen LogP contribution in [0.4, 0.5) is 0 Å².